The SMILES string of the molecule is CO[C@@H]1O[C@H](C(=O)NCCCC[C@H](CC(=O)[C@@H](NC(=O)CCCC(=O)O)C(C)C)C(=O)CCc2ccc([C@@H](C)[C@H](O)[C@@H](C)[C@@H]3C/C=C/C(=O)N[C@H](Cc4ccc(C)c(Cl)c4)C(=O)NCC(C)(C)C(=O)O[C@@H](CC(C)C)C(=O)O3)cc2)[C@@H](O)[C@H](O)[C@H]1O. The number of methoxy groups -OCH3 is 1. The molecular formula is C63H91ClN4O18. The number of hydrogen-bond acceptors (Lipinski definition) is 17. The fourth-order valence-electron chi connectivity index (χ4n) is 10.2. The van der Waals surface area contributed by atoms with E-state index in [1.165, 1.54) is 19.3 Å². The molecule has 2 aliphatic heterocycles. The topological polar surface area (TPSA) is 340 Å². The number of carboxylic acid groups (broad SMARTS) is 1. The number of ketones is 2. The van der Waals surface area contributed by atoms with Crippen molar-refractivity contribution >= 4 is 64.7 Å². The molecule has 1 fully saturated rings. The lowest BCUT2D eigenvalue weighted by Gasteiger charge is -2.38. The van der Waals surface area contributed by atoms with Crippen LogP contribution >= 0.6 is 11.6 Å². The summed E-state index contributed by atoms with van der Waals surface area (Å²) in [5.74, 6) is -8.27. The molecule has 0 radical (unpaired) electrons. The Morgan fingerprint density at radius 2 is 1.52 bits per heavy atom. The number of rotatable bonds is 28. The minimum absolute atomic E-state index is 0.0293. The van der Waals surface area contributed by atoms with Crippen molar-refractivity contribution in [3.63, 3.8) is 0 Å². The van der Waals surface area contributed by atoms with Gasteiger partial charge in [-0.2, -0.15) is 0 Å². The van der Waals surface area contributed by atoms with Gasteiger partial charge < -0.3 is 65.7 Å². The summed E-state index contributed by atoms with van der Waals surface area (Å²) in [6, 6.07) is 10.6. The van der Waals surface area contributed by atoms with Gasteiger partial charge in [0.1, 0.15) is 36.2 Å². The monoisotopic (exact) mass is 1230 g/mol. The van der Waals surface area contributed by atoms with Crippen molar-refractivity contribution in [2.24, 2.45) is 29.1 Å². The molecule has 0 aromatic heterocycles. The first kappa shape index (κ1) is 72.3. The van der Waals surface area contributed by atoms with Crippen LogP contribution in [0.15, 0.2) is 54.6 Å². The highest BCUT2D eigenvalue weighted by Crippen LogP contribution is 2.31. The van der Waals surface area contributed by atoms with Gasteiger partial charge >= 0.3 is 17.9 Å². The molecule has 0 bridgehead atoms. The molecule has 2 aromatic carbocycles. The second-order valence-electron chi connectivity index (χ2n) is 24.3. The fourth-order valence-corrected chi connectivity index (χ4v) is 10.4. The number of halogens is 1. The van der Waals surface area contributed by atoms with Gasteiger partial charge in [0, 0.05) is 81.5 Å². The summed E-state index contributed by atoms with van der Waals surface area (Å²) >= 11 is 6.40. The number of carbonyl (C=O) groups excluding carboxylic acids is 8. The Kier molecular flexibility index (Phi) is 28.9. The van der Waals surface area contributed by atoms with Crippen LogP contribution in [-0.2, 0) is 74.9 Å². The van der Waals surface area contributed by atoms with Gasteiger partial charge in [-0.1, -0.05) is 102 Å². The number of amides is 4. The van der Waals surface area contributed by atoms with E-state index in [0.29, 0.717) is 29.0 Å². The Hall–Kier alpha value is -6.14. The van der Waals surface area contributed by atoms with E-state index in [1.807, 2.05) is 45.0 Å². The van der Waals surface area contributed by atoms with Gasteiger partial charge in [0.15, 0.2) is 24.3 Å². The molecule has 22 nitrogen and oxygen atoms in total. The van der Waals surface area contributed by atoms with Crippen molar-refractivity contribution in [1.29, 1.82) is 0 Å². The largest absolute Gasteiger partial charge is 0.481 e. The fraction of sp³-hybridized carbons (Fsp3) is 0.635. The first-order chi connectivity index (χ1) is 40.4. The average Bonchev–Trinajstić information content (AvgIpc) is 1.93. The third kappa shape index (κ3) is 22.2. The summed E-state index contributed by atoms with van der Waals surface area (Å²) in [6.45, 7) is 15.6. The van der Waals surface area contributed by atoms with Crippen molar-refractivity contribution in [3.05, 3.63) is 81.9 Å². The summed E-state index contributed by atoms with van der Waals surface area (Å²) in [7, 11) is 1.21. The Balaban J connectivity index is 1.50. The van der Waals surface area contributed by atoms with Gasteiger partial charge in [-0.15, -0.1) is 0 Å². The van der Waals surface area contributed by atoms with Gasteiger partial charge in [0.2, 0.25) is 17.7 Å². The van der Waals surface area contributed by atoms with Gasteiger partial charge in [0.25, 0.3) is 5.91 Å². The second-order valence-corrected chi connectivity index (χ2v) is 24.7. The highest BCUT2D eigenvalue weighted by molar-refractivity contribution is 6.31. The Bertz CT molecular complexity index is 2660. The lowest BCUT2D eigenvalue weighted by molar-refractivity contribution is -0.283. The molecule has 9 N–H and O–H groups in total. The highest BCUT2D eigenvalue weighted by atomic mass is 35.5. The smallest absolute Gasteiger partial charge is 0.347 e. The molecule has 4 amide bonds. The quantitative estimate of drug-likeness (QED) is 0.0413. The molecule has 2 aromatic rings. The normalized spacial score (nSPS) is 24.4. The summed E-state index contributed by atoms with van der Waals surface area (Å²) in [5.41, 5.74) is 1.67. The molecule has 13 atom stereocenters. The number of carboxylic acids is 1. The predicted molar refractivity (Wildman–Crippen MR) is 317 cm³/mol. The number of hydrogen-bond donors (Lipinski definition) is 9. The number of nitrogens with one attached hydrogen (secondary N) is 4. The standard InChI is InChI=1S/C63H91ClN4O18/c1-34(2)29-48-60(81)84-47(16-13-17-49(71)67-44(31-40-21-20-36(5)43(64)30-40)58(79)66-33-63(8,9)62(82)85-48)38(7)53(75)37(6)41-25-22-39(23-26-41)24-27-45(69)42(32-46(70)52(35(3)4)68-50(72)18-14-19-51(73)74)15-11-12-28-65-59(80)57-55(77)54(76)56(78)61(83-10)86-57/h13,17,20-23,25-26,30,34-35,37-38,42,44,47-48,52-57,61,75-78H,11-12,14-16,18-19,24,27-29,31-33H2,1-10H3,(H,65,80)(H,66,79)(H,67,71)(H,68,72)(H,73,74)/b17-13+/t37-,38+,42-,44-,47+,48+,52+,53+,54+,55+,56-,57+,61-/m1/s1. The van der Waals surface area contributed by atoms with Crippen LogP contribution in [0.1, 0.15) is 148 Å². The maximum Gasteiger partial charge on any atom is 0.347 e. The van der Waals surface area contributed by atoms with E-state index in [0.717, 1.165) is 11.1 Å². The van der Waals surface area contributed by atoms with Gasteiger partial charge in [-0.3, -0.25) is 38.4 Å². The van der Waals surface area contributed by atoms with Crippen molar-refractivity contribution in [3.8, 4) is 0 Å². The second kappa shape index (κ2) is 34.4. The number of aliphatic hydroxyl groups excluding tert-OH is 4. The number of Topliss-reactive ketones (excluding diaryl/α,β-unsaturated/α-hetero) is 2. The van der Waals surface area contributed by atoms with E-state index in [4.69, 9.17) is 35.7 Å². The molecule has 0 spiro atoms. The number of ether oxygens (including phenoxy) is 4. The molecule has 23 heteroatoms. The molecule has 86 heavy (non-hydrogen) atoms. The number of carbonyl (C=O) groups is 9. The van der Waals surface area contributed by atoms with E-state index < -0.39 is 126 Å². The molecule has 0 saturated carbocycles. The zero-order valence-corrected chi connectivity index (χ0v) is 51.9. The molecular weight excluding hydrogens is 1140 g/mol. The molecule has 1 saturated heterocycles. The molecule has 0 aliphatic carbocycles. The number of cyclic esters (lactones) is 2. The highest BCUT2D eigenvalue weighted by Gasteiger charge is 2.47. The van der Waals surface area contributed by atoms with Crippen LogP contribution in [0.25, 0.3) is 0 Å². The predicted octanol–water partition coefficient (Wildman–Crippen LogP) is 4.66. The average molecular weight is 1230 g/mol. The van der Waals surface area contributed by atoms with E-state index in [1.54, 1.807) is 59.7 Å². The molecule has 2 heterocycles. The Morgan fingerprint density at radius 1 is 0.849 bits per heavy atom. The molecule has 0 unspecified atom stereocenters. The summed E-state index contributed by atoms with van der Waals surface area (Å²) in [6.07, 6.45) is -7.79. The zero-order valence-electron chi connectivity index (χ0n) is 51.2. The molecule has 478 valence electrons. The number of benzene rings is 2. The summed E-state index contributed by atoms with van der Waals surface area (Å²) < 4.78 is 22.3. The van der Waals surface area contributed by atoms with Crippen LogP contribution < -0.4 is 21.3 Å². The number of aliphatic carboxylic acids is 1. The first-order valence-electron chi connectivity index (χ1n) is 29.7. The Morgan fingerprint density at radius 3 is 2.15 bits per heavy atom. The van der Waals surface area contributed by atoms with Crippen molar-refractivity contribution < 1.29 is 87.6 Å². The summed E-state index contributed by atoms with van der Waals surface area (Å²) in [4.78, 5) is 120. The maximum absolute atomic E-state index is 14.1. The van der Waals surface area contributed by atoms with Crippen LogP contribution in [0.3, 0.4) is 0 Å². The van der Waals surface area contributed by atoms with E-state index >= 15 is 0 Å². The minimum atomic E-state index is -1.74. The van der Waals surface area contributed by atoms with Crippen molar-refractivity contribution in [1.82, 2.24) is 21.3 Å². The van der Waals surface area contributed by atoms with Crippen molar-refractivity contribution in [2.75, 3.05) is 20.2 Å². The van der Waals surface area contributed by atoms with E-state index in [9.17, 15) is 63.6 Å². The lowest BCUT2D eigenvalue weighted by atomic mass is 9.83. The van der Waals surface area contributed by atoms with E-state index in [-0.39, 0.29) is 101 Å². The van der Waals surface area contributed by atoms with Gasteiger partial charge in [0.05, 0.1) is 17.6 Å². The maximum atomic E-state index is 14.1. The number of esters is 2. The van der Waals surface area contributed by atoms with Crippen LogP contribution in [0.2, 0.25) is 5.02 Å². The van der Waals surface area contributed by atoms with Gasteiger partial charge in [-0.25, -0.2) is 4.79 Å². The molecule has 2 aliphatic rings. The first-order valence-corrected chi connectivity index (χ1v) is 30.1. The zero-order chi connectivity index (χ0) is 64.2. The third-order valence-corrected chi connectivity index (χ3v) is 16.2. The number of unbranched alkanes of at least 4 members (excludes halogenated alkanes) is 1. The number of aliphatic hydroxyl groups is 4. The summed E-state index contributed by atoms with van der Waals surface area (Å²) in [5, 5.41) is 63.1. The van der Waals surface area contributed by atoms with Crippen molar-refractivity contribution in [2.45, 2.75) is 206 Å². The lowest BCUT2D eigenvalue weighted by Crippen LogP contribution is -2.61. The molecule has 4 rings (SSSR count). The minimum Gasteiger partial charge on any atom is -0.481 e. The van der Waals surface area contributed by atoms with Crippen LogP contribution in [0, 0.1) is 36.0 Å². The van der Waals surface area contributed by atoms with E-state index in [2.05, 4.69) is 21.3 Å². The van der Waals surface area contributed by atoms with Gasteiger partial charge in [-0.05, 0) is 99.1 Å². The van der Waals surface area contributed by atoms with Crippen LogP contribution in [0.5, 0.6) is 0 Å². The number of aryl methyl sites for hydroxylation is 2. The van der Waals surface area contributed by atoms with Crippen LogP contribution in [0.4, 0.5) is 0 Å². The Labute approximate surface area is 509 Å². The van der Waals surface area contributed by atoms with Crippen LogP contribution in [-0.4, -0.2) is 160 Å². The third-order valence-electron chi connectivity index (χ3n) is 15.8.